The standard InChI is InChI=1S/C13H17N5O3S/c1-10(11-4-6-12(7-5-11)22(3,20)21)17(2)13(19)8-18-9-14-15-16-18/h4-7,9-10H,8H2,1-3H3/t10-/m0/s1. The first kappa shape index (κ1) is 16.1. The number of hydrogen-bond donors (Lipinski definition) is 0. The van der Waals surface area contributed by atoms with Gasteiger partial charge in [0, 0.05) is 13.3 Å². The molecule has 0 fully saturated rings. The molecule has 0 saturated heterocycles. The van der Waals surface area contributed by atoms with Gasteiger partial charge >= 0.3 is 0 Å². The number of nitrogens with zero attached hydrogens (tertiary/aromatic N) is 5. The maximum atomic E-state index is 12.2. The molecule has 22 heavy (non-hydrogen) atoms. The van der Waals surface area contributed by atoms with Gasteiger partial charge in [0.2, 0.25) is 5.91 Å². The second-order valence-corrected chi connectivity index (χ2v) is 7.04. The minimum Gasteiger partial charge on any atom is -0.337 e. The van der Waals surface area contributed by atoms with Gasteiger partial charge in [0.15, 0.2) is 9.84 Å². The zero-order valence-electron chi connectivity index (χ0n) is 12.5. The quantitative estimate of drug-likeness (QED) is 0.784. The highest BCUT2D eigenvalue weighted by Crippen LogP contribution is 2.21. The summed E-state index contributed by atoms with van der Waals surface area (Å²) in [7, 11) is -1.54. The van der Waals surface area contributed by atoms with Crippen LogP contribution in [0.4, 0.5) is 0 Å². The minimum atomic E-state index is -3.22. The largest absolute Gasteiger partial charge is 0.337 e. The van der Waals surface area contributed by atoms with Gasteiger partial charge in [-0.1, -0.05) is 12.1 Å². The number of rotatable bonds is 5. The van der Waals surface area contributed by atoms with Crippen molar-refractivity contribution < 1.29 is 13.2 Å². The molecule has 0 bridgehead atoms. The molecular weight excluding hydrogens is 306 g/mol. The van der Waals surface area contributed by atoms with Crippen LogP contribution in [0.3, 0.4) is 0 Å². The Morgan fingerprint density at radius 1 is 1.32 bits per heavy atom. The zero-order chi connectivity index (χ0) is 16.3. The van der Waals surface area contributed by atoms with Gasteiger partial charge in [-0.2, -0.15) is 0 Å². The molecule has 118 valence electrons. The zero-order valence-corrected chi connectivity index (χ0v) is 13.4. The highest BCUT2D eigenvalue weighted by Gasteiger charge is 2.18. The summed E-state index contributed by atoms with van der Waals surface area (Å²) in [6.07, 6.45) is 2.53. The predicted molar refractivity (Wildman–Crippen MR) is 78.6 cm³/mol. The molecule has 1 amide bonds. The molecule has 0 N–H and O–H groups in total. The molecular formula is C13H17N5O3S. The van der Waals surface area contributed by atoms with Crippen molar-refractivity contribution in [3.8, 4) is 0 Å². The second-order valence-electron chi connectivity index (χ2n) is 5.03. The first-order valence-electron chi connectivity index (χ1n) is 6.55. The molecule has 0 aliphatic heterocycles. The highest BCUT2D eigenvalue weighted by atomic mass is 32.2. The Morgan fingerprint density at radius 2 is 1.95 bits per heavy atom. The Bertz CT molecular complexity index is 740. The molecule has 0 aliphatic carbocycles. The van der Waals surface area contributed by atoms with E-state index in [1.54, 1.807) is 36.2 Å². The van der Waals surface area contributed by atoms with Gasteiger partial charge in [0.25, 0.3) is 0 Å². The SMILES string of the molecule is C[C@@H](c1ccc(S(C)(=O)=O)cc1)N(C)C(=O)Cn1cnnn1. The smallest absolute Gasteiger partial charge is 0.244 e. The summed E-state index contributed by atoms with van der Waals surface area (Å²) in [6, 6.07) is 6.31. The molecule has 1 aromatic heterocycles. The van der Waals surface area contributed by atoms with E-state index in [1.165, 1.54) is 11.0 Å². The van der Waals surface area contributed by atoms with Crippen molar-refractivity contribution in [2.45, 2.75) is 24.4 Å². The lowest BCUT2D eigenvalue weighted by Gasteiger charge is -2.25. The number of benzene rings is 1. The summed E-state index contributed by atoms with van der Waals surface area (Å²) in [5, 5.41) is 10.6. The summed E-state index contributed by atoms with van der Waals surface area (Å²) < 4.78 is 24.2. The number of tetrazole rings is 1. The van der Waals surface area contributed by atoms with Gasteiger partial charge in [-0.3, -0.25) is 4.79 Å². The molecule has 9 heteroatoms. The molecule has 0 spiro atoms. The van der Waals surface area contributed by atoms with Gasteiger partial charge in [-0.25, -0.2) is 13.1 Å². The molecule has 1 atom stereocenters. The van der Waals surface area contributed by atoms with E-state index in [-0.39, 0.29) is 23.4 Å². The van der Waals surface area contributed by atoms with E-state index in [4.69, 9.17) is 0 Å². The molecule has 2 aromatic rings. The van der Waals surface area contributed by atoms with Crippen molar-refractivity contribution in [2.24, 2.45) is 0 Å². The predicted octanol–water partition coefficient (Wildman–Crippen LogP) is 0.296. The fraction of sp³-hybridized carbons (Fsp3) is 0.385. The lowest BCUT2D eigenvalue weighted by Crippen LogP contribution is -2.32. The molecule has 0 saturated carbocycles. The maximum Gasteiger partial charge on any atom is 0.244 e. The number of aromatic nitrogens is 4. The summed E-state index contributed by atoms with van der Waals surface area (Å²) in [6.45, 7) is 1.92. The fourth-order valence-corrected chi connectivity index (χ4v) is 2.57. The van der Waals surface area contributed by atoms with Crippen LogP contribution >= 0.6 is 0 Å². The van der Waals surface area contributed by atoms with Gasteiger partial charge in [-0.15, -0.1) is 5.10 Å². The Balaban J connectivity index is 2.09. The average Bonchev–Trinajstić information content (AvgIpc) is 2.97. The summed E-state index contributed by atoms with van der Waals surface area (Å²) in [5.41, 5.74) is 0.847. The van der Waals surface area contributed by atoms with Gasteiger partial charge in [-0.05, 0) is 35.0 Å². The van der Waals surface area contributed by atoms with E-state index in [2.05, 4.69) is 15.5 Å². The van der Waals surface area contributed by atoms with Crippen LogP contribution in [0.15, 0.2) is 35.5 Å². The monoisotopic (exact) mass is 323 g/mol. The van der Waals surface area contributed by atoms with E-state index < -0.39 is 9.84 Å². The molecule has 8 nitrogen and oxygen atoms in total. The Labute approximate surface area is 128 Å². The van der Waals surface area contributed by atoms with Crippen LogP contribution in [0.25, 0.3) is 0 Å². The Kier molecular flexibility index (Phi) is 4.55. The van der Waals surface area contributed by atoms with Crippen LogP contribution in [0, 0.1) is 0 Å². The highest BCUT2D eigenvalue weighted by molar-refractivity contribution is 7.90. The molecule has 0 unspecified atom stereocenters. The normalized spacial score (nSPS) is 12.9. The summed E-state index contributed by atoms with van der Waals surface area (Å²) in [4.78, 5) is 14.0. The molecule has 1 heterocycles. The van der Waals surface area contributed by atoms with Gasteiger partial charge in [0.1, 0.15) is 12.9 Å². The third kappa shape index (κ3) is 3.67. The topological polar surface area (TPSA) is 98.1 Å². The number of hydrogen-bond acceptors (Lipinski definition) is 6. The lowest BCUT2D eigenvalue weighted by molar-refractivity contribution is -0.132. The van der Waals surface area contributed by atoms with Crippen molar-refractivity contribution in [1.29, 1.82) is 0 Å². The third-order valence-corrected chi connectivity index (χ3v) is 4.58. The maximum absolute atomic E-state index is 12.2. The number of amides is 1. The van der Waals surface area contributed by atoms with E-state index >= 15 is 0 Å². The van der Waals surface area contributed by atoms with Crippen LogP contribution in [-0.2, 0) is 21.2 Å². The minimum absolute atomic E-state index is 0.0509. The number of sulfone groups is 1. The van der Waals surface area contributed by atoms with Crippen LogP contribution in [0.2, 0.25) is 0 Å². The van der Waals surface area contributed by atoms with Crippen molar-refractivity contribution in [2.75, 3.05) is 13.3 Å². The van der Waals surface area contributed by atoms with Crippen LogP contribution in [0.1, 0.15) is 18.5 Å². The number of carbonyl (C=O) groups excluding carboxylic acids is 1. The first-order chi connectivity index (χ1) is 10.3. The van der Waals surface area contributed by atoms with Crippen molar-refractivity contribution in [3.05, 3.63) is 36.2 Å². The van der Waals surface area contributed by atoms with Crippen molar-refractivity contribution >= 4 is 15.7 Å². The Morgan fingerprint density at radius 3 is 2.45 bits per heavy atom. The first-order valence-corrected chi connectivity index (χ1v) is 8.44. The third-order valence-electron chi connectivity index (χ3n) is 3.45. The molecule has 0 aliphatic rings. The van der Waals surface area contributed by atoms with Crippen LogP contribution < -0.4 is 0 Å². The van der Waals surface area contributed by atoms with E-state index in [9.17, 15) is 13.2 Å². The summed E-state index contributed by atoms with van der Waals surface area (Å²) >= 11 is 0. The van der Waals surface area contributed by atoms with Crippen molar-refractivity contribution in [1.82, 2.24) is 25.1 Å². The number of carbonyl (C=O) groups is 1. The Hall–Kier alpha value is -2.29. The van der Waals surface area contributed by atoms with E-state index in [0.29, 0.717) is 0 Å². The number of likely N-dealkylation sites (N-methyl/N-ethyl adjacent to an activating group) is 1. The molecule has 1 aromatic carbocycles. The lowest BCUT2D eigenvalue weighted by atomic mass is 10.1. The fourth-order valence-electron chi connectivity index (χ4n) is 1.94. The molecule has 0 radical (unpaired) electrons. The van der Waals surface area contributed by atoms with E-state index in [1.807, 2.05) is 6.92 Å². The summed E-state index contributed by atoms with van der Waals surface area (Å²) in [5.74, 6) is -0.146. The van der Waals surface area contributed by atoms with Gasteiger partial charge in [0.05, 0.1) is 10.9 Å². The van der Waals surface area contributed by atoms with Crippen LogP contribution in [-0.4, -0.2) is 52.7 Å². The van der Waals surface area contributed by atoms with Crippen molar-refractivity contribution in [3.63, 3.8) is 0 Å². The van der Waals surface area contributed by atoms with Crippen LogP contribution in [0.5, 0.6) is 0 Å². The second kappa shape index (κ2) is 6.22. The van der Waals surface area contributed by atoms with Gasteiger partial charge < -0.3 is 4.90 Å². The van der Waals surface area contributed by atoms with E-state index in [0.717, 1.165) is 11.8 Å². The molecule has 2 rings (SSSR count). The average molecular weight is 323 g/mol.